The van der Waals surface area contributed by atoms with E-state index in [0.29, 0.717) is 17.1 Å². The van der Waals surface area contributed by atoms with E-state index in [1.54, 1.807) is 0 Å². The normalized spacial score (nSPS) is 10.5. The number of pyridine rings is 1. The van der Waals surface area contributed by atoms with Crippen LogP contribution >= 0.6 is 0 Å². The largest absolute Gasteiger partial charge is 0.398 e. The van der Waals surface area contributed by atoms with E-state index in [9.17, 15) is 8.78 Å². The molecular formula is C11H10F2N6. The van der Waals surface area contributed by atoms with Gasteiger partial charge in [0.25, 0.3) is 6.43 Å². The summed E-state index contributed by atoms with van der Waals surface area (Å²) >= 11 is 0. The van der Waals surface area contributed by atoms with Gasteiger partial charge in [0, 0.05) is 35.8 Å². The highest BCUT2D eigenvalue weighted by Crippen LogP contribution is 2.20. The summed E-state index contributed by atoms with van der Waals surface area (Å²) in [5.41, 5.74) is 6.14. The average Bonchev–Trinajstić information content (AvgIpc) is 2.39. The molecule has 0 spiro atoms. The fourth-order valence-electron chi connectivity index (χ4n) is 1.36. The Labute approximate surface area is 107 Å². The Morgan fingerprint density at radius 2 is 1.95 bits per heavy atom. The van der Waals surface area contributed by atoms with Crippen LogP contribution in [-0.2, 0) is 0 Å². The Kier molecular flexibility index (Phi) is 3.60. The summed E-state index contributed by atoms with van der Waals surface area (Å²) in [5, 5.41) is 9.82. The number of aromatic nitrogens is 3. The molecule has 2 heterocycles. The van der Waals surface area contributed by atoms with Gasteiger partial charge < -0.3 is 16.5 Å². The van der Waals surface area contributed by atoms with E-state index in [0.717, 1.165) is 18.6 Å². The van der Waals surface area contributed by atoms with Crippen molar-refractivity contribution in [1.82, 2.24) is 15.0 Å². The molecule has 0 radical (unpaired) electrons. The molecule has 2 rings (SSSR count). The van der Waals surface area contributed by atoms with Crippen molar-refractivity contribution in [2.75, 3.05) is 11.1 Å². The number of alkyl halides is 2. The van der Waals surface area contributed by atoms with Crippen molar-refractivity contribution in [2.45, 2.75) is 6.43 Å². The summed E-state index contributed by atoms with van der Waals surface area (Å²) in [6, 6.07) is 2.62. The first-order chi connectivity index (χ1) is 9.10. The Bertz CT molecular complexity index is 601. The van der Waals surface area contributed by atoms with Crippen LogP contribution in [0.15, 0.2) is 24.7 Å². The van der Waals surface area contributed by atoms with E-state index in [-0.39, 0.29) is 11.5 Å². The first kappa shape index (κ1) is 12.8. The summed E-state index contributed by atoms with van der Waals surface area (Å²) in [7, 11) is 0. The van der Waals surface area contributed by atoms with Crippen LogP contribution in [0.3, 0.4) is 0 Å². The molecule has 0 aliphatic heterocycles. The quantitative estimate of drug-likeness (QED) is 0.734. The average molecular weight is 264 g/mol. The zero-order valence-corrected chi connectivity index (χ0v) is 9.64. The molecule has 4 N–H and O–H groups in total. The van der Waals surface area contributed by atoms with Gasteiger partial charge in [-0.05, 0) is 0 Å². The number of nitrogens with zero attached hydrogens (tertiary/aromatic N) is 3. The molecule has 0 aliphatic rings. The maximum Gasteiger partial charge on any atom is 0.280 e. The first-order valence-corrected chi connectivity index (χ1v) is 5.23. The molecular weight excluding hydrogens is 254 g/mol. The van der Waals surface area contributed by atoms with Crippen LogP contribution in [0.4, 0.5) is 26.1 Å². The zero-order valence-electron chi connectivity index (χ0n) is 9.64. The molecule has 0 atom stereocenters. The lowest BCUT2D eigenvalue weighted by Gasteiger charge is -2.07. The van der Waals surface area contributed by atoms with Crippen molar-refractivity contribution in [3.63, 3.8) is 0 Å². The molecule has 0 bridgehead atoms. The zero-order chi connectivity index (χ0) is 13.8. The molecule has 0 aliphatic carbocycles. The number of anilines is 3. The van der Waals surface area contributed by atoms with Crippen molar-refractivity contribution in [3.05, 3.63) is 35.9 Å². The predicted molar refractivity (Wildman–Crippen MR) is 66.8 cm³/mol. The monoisotopic (exact) mass is 264 g/mol. The van der Waals surface area contributed by atoms with Crippen LogP contribution in [0.25, 0.3) is 0 Å². The van der Waals surface area contributed by atoms with Crippen LogP contribution in [0, 0.1) is 5.41 Å². The Hall–Kier alpha value is -2.64. The van der Waals surface area contributed by atoms with Gasteiger partial charge in [0.05, 0.1) is 0 Å². The van der Waals surface area contributed by atoms with E-state index in [1.165, 1.54) is 12.3 Å². The van der Waals surface area contributed by atoms with E-state index in [2.05, 4.69) is 20.3 Å². The van der Waals surface area contributed by atoms with Crippen molar-refractivity contribution in [3.8, 4) is 0 Å². The van der Waals surface area contributed by atoms with Gasteiger partial charge in [0.1, 0.15) is 23.7 Å². The number of nitrogen functional groups attached to an aromatic ring is 1. The number of hydrogen-bond acceptors (Lipinski definition) is 6. The maximum atomic E-state index is 12.5. The lowest BCUT2D eigenvalue weighted by Crippen LogP contribution is -2.01. The number of halogens is 2. The topological polar surface area (TPSA) is 101 Å². The minimum Gasteiger partial charge on any atom is -0.398 e. The van der Waals surface area contributed by atoms with Gasteiger partial charge in [-0.1, -0.05) is 0 Å². The van der Waals surface area contributed by atoms with Gasteiger partial charge in [-0.3, -0.25) is 0 Å². The third-order valence-corrected chi connectivity index (χ3v) is 2.29. The standard InChI is InChI=1S/C11H10F2N6/c12-11(13)8-2-10(18-5-17-8)19-9-1-7(15)6(3-14)4-16-9/h1-5,11,14H,(H3,15,16,17,18,19). The van der Waals surface area contributed by atoms with Crippen LogP contribution in [0.5, 0.6) is 0 Å². The molecule has 0 aromatic carbocycles. The third kappa shape index (κ3) is 2.97. The van der Waals surface area contributed by atoms with E-state index >= 15 is 0 Å². The third-order valence-electron chi connectivity index (χ3n) is 2.29. The SMILES string of the molecule is N=Cc1cnc(Nc2cc(C(F)F)ncn2)cc1N. The first-order valence-electron chi connectivity index (χ1n) is 5.23. The highest BCUT2D eigenvalue weighted by atomic mass is 19.3. The minimum absolute atomic E-state index is 0.194. The molecule has 0 saturated heterocycles. The van der Waals surface area contributed by atoms with E-state index in [4.69, 9.17) is 11.1 Å². The molecule has 19 heavy (non-hydrogen) atoms. The van der Waals surface area contributed by atoms with E-state index < -0.39 is 6.43 Å². The van der Waals surface area contributed by atoms with Gasteiger partial charge >= 0.3 is 0 Å². The Morgan fingerprint density at radius 1 is 1.21 bits per heavy atom. The van der Waals surface area contributed by atoms with Crippen molar-refractivity contribution in [2.24, 2.45) is 0 Å². The second-order valence-electron chi connectivity index (χ2n) is 3.60. The van der Waals surface area contributed by atoms with Crippen molar-refractivity contribution >= 4 is 23.5 Å². The fourth-order valence-corrected chi connectivity index (χ4v) is 1.36. The second-order valence-corrected chi connectivity index (χ2v) is 3.60. The second kappa shape index (κ2) is 5.34. The van der Waals surface area contributed by atoms with Crippen molar-refractivity contribution < 1.29 is 8.78 Å². The molecule has 0 saturated carbocycles. The Morgan fingerprint density at radius 3 is 2.58 bits per heavy atom. The summed E-state index contributed by atoms with van der Waals surface area (Å²) in [5.74, 6) is 0.543. The fraction of sp³-hybridized carbons (Fsp3) is 0.0909. The van der Waals surface area contributed by atoms with Gasteiger partial charge in [-0.15, -0.1) is 0 Å². The van der Waals surface area contributed by atoms with Crippen LogP contribution in [-0.4, -0.2) is 21.2 Å². The lowest BCUT2D eigenvalue weighted by atomic mass is 10.2. The molecule has 0 fully saturated rings. The number of hydrogen-bond donors (Lipinski definition) is 3. The van der Waals surface area contributed by atoms with Crippen molar-refractivity contribution in [1.29, 1.82) is 5.41 Å². The highest BCUT2D eigenvalue weighted by molar-refractivity contribution is 5.85. The number of nitrogens with one attached hydrogen (secondary N) is 2. The summed E-state index contributed by atoms with van der Waals surface area (Å²) in [6.45, 7) is 0. The number of nitrogens with two attached hydrogens (primary N) is 1. The molecule has 98 valence electrons. The smallest absolute Gasteiger partial charge is 0.280 e. The summed E-state index contributed by atoms with van der Waals surface area (Å²) < 4.78 is 24.9. The van der Waals surface area contributed by atoms with Gasteiger partial charge in [-0.25, -0.2) is 23.7 Å². The molecule has 0 unspecified atom stereocenters. The van der Waals surface area contributed by atoms with Crippen LogP contribution in [0.2, 0.25) is 0 Å². The van der Waals surface area contributed by atoms with Crippen LogP contribution < -0.4 is 11.1 Å². The maximum absolute atomic E-state index is 12.5. The van der Waals surface area contributed by atoms with Gasteiger partial charge in [0.15, 0.2) is 0 Å². The summed E-state index contributed by atoms with van der Waals surface area (Å²) in [4.78, 5) is 11.2. The molecule has 0 amide bonds. The Balaban J connectivity index is 2.23. The molecule has 8 heteroatoms. The molecule has 2 aromatic rings. The summed E-state index contributed by atoms with van der Waals surface area (Å²) in [6.07, 6.45) is 0.854. The van der Waals surface area contributed by atoms with Gasteiger partial charge in [0.2, 0.25) is 0 Å². The number of rotatable bonds is 4. The predicted octanol–water partition coefficient (Wildman–Crippen LogP) is 2.13. The lowest BCUT2D eigenvalue weighted by molar-refractivity contribution is 0.146. The van der Waals surface area contributed by atoms with Gasteiger partial charge in [-0.2, -0.15) is 0 Å². The molecule has 2 aromatic heterocycles. The highest BCUT2D eigenvalue weighted by Gasteiger charge is 2.10. The van der Waals surface area contributed by atoms with E-state index in [1.807, 2.05) is 0 Å². The molecule has 6 nitrogen and oxygen atoms in total. The van der Waals surface area contributed by atoms with Crippen LogP contribution in [0.1, 0.15) is 17.7 Å². The minimum atomic E-state index is -2.66.